The van der Waals surface area contributed by atoms with Crippen LogP contribution < -0.4 is 0 Å². The van der Waals surface area contributed by atoms with Crippen LogP contribution in [0.5, 0.6) is 0 Å². The van der Waals surface area contributed by atoms with Gasteiger partial charge >= 0.3 is 11.9 Å². The van der Waals surface area contributed by atoms with E-state index in [-0.39, 0.29) is 17.7 Å². The predicted molar refractivity (Wildman–Crippen MR) is 59.1 cm³/mol. The van der Waals surface area contributed by atoms with Gasteiger partial charge in [-0.25, -0.2) is 14.0 Å². The molecule has 0 aliphatic heterocycles. The molecule has 0 aromatic heterocycles. The van der Waals surface area contributed by atoms with Crippen LogP contribution in [0, 0.1) is 12.7 Å². The van der Waals surface area contributed by atoms with Crippen LogP contribution in [0.2, 0.25) is 0 Å². The van der Waals surface area contributed by atoms with Crippen LogP contribution in [-0.4, -0.2) is 29.4 Å². The van der Waals surface area contributed by atoms with Gasteiger partial charge in [0.15, 0.2) is 0 Å². The van der Waals surface area contributed by atoms with Crippen LogP contribution in [0.1, 0.15) is 33.2 Å². The molecule has 0 heterocycles. The van der Waals surface area contributed by atoms with Crippen LogP contribution in [0.25, 0.3) is 0 Å². The molecule has 0 saturated heterocycles. The van der Waals surface area contributed by atoms with E-state index < -0.39 is 29.1 Å². The standard InChI is InChI=1S/C12H11FO5/c1-3-18-12(17)10(14)7-5-8(11(15)16)9(13)4-6(7)2/h4-5H,3H2,1-2H3,(H,15,16). The molecule has 0 saturated carbocycles. The maximum atomic E-state index is 13.3. The van der Waals surface area contributed by atoms with Crippen molar-refractivity contribution in [2.24, 2.45) is 0 Å². The quantitative estimate of drug-likeness (QED) is 0.501. The van der Waals surface area contributed by atoms with Gasteiger partial charge in [-0.2, -0.15) is 0 Å². The number of aromatic carboxylic acids is 1. The van der Waals surface area contributed by atoms with Crippen molar-refractivity contribution >= 4 is 17.7 Å². The van der Waals surface area contributed by atoms with Gasteiger partial charge in [-0.15, -0.1) is 0 Å². The van der Waals surface area contributed by atoms with E-state index in [1.165, 1.54) is 13.8 Å². The lowest BCUT2D eigenvalue weighted by Crippen LogP contribution is -2.19. The van der Waals surface area contributed by atoms with Crippen molar-refractivity contribution in [3.63, 3.8) is 0 Å². The zero-order valence-corrected chi connectivity index (χ0v) is 9.82. The minimum Gasteiger partial charge on any atom is -0.478 e. The molecule has 96 valence electrons. The van der Waals surface area contributed by atoms with Gasteiger partial charge in [-0.05, 0) is 31.5 Å². The Labute approximate surface area is 102 Å². The van der Waals surface area contributed by atoms with E-state index >= 15 is 0 Å². The summed E-state index contributed by atoms with van der Waals surface area (Å²) in [4.78, 5) is 33.6. The lowest BCUT2D eigenvalue weighted by Gasteiger charge is -2.06. The Bertz CT molecular complexity index is 521. The van der Waals surface area contributed by atoms with Gasteiger partial charge in [0, 0.05) is 5.56 Å². The number of ketones is 1. The second-order valence-corrected chi connectivity index (χ2v) is 3.50. The van der Waals surface area contributed by atoms with E-state index in [0.29, 0.717) is 0 Å². The first-order valence-electron chi connectivity index (χ1n) is 5.13. The van der Waals surface area contributed by atoms with Gasteiger partial charge in [0.05, 0.1) is 12.2 Å². The van der Waals surface area contributed by atoms with Crippen molar-refractivity contribution in [3.8, 4) is 0 Å². The number of rotatable bonds is 4. The monoisotopic (exact) mass is 254 g/mol. The highest BCUT2D eigenvalue weighted by molar-refractivity contribution is 6.41. The Balaban J connectivity index is 3.24. The first kappa shape index (κ1) is 13.8. The topological polar surface area (TPSA) is 80.7 Å². The first-order chi connectivity index (χ1) is 8.38. The second-order valence-electron chi connectivity index (χ2n) is 3.50. The average Bonchev–Trinajstić information content (AvgIpc) is 2.28. The number of carbonyl (C=O) groups is 3. The molecule has 1 rings (SSSR count). The minimum absolute atomic E-state index is 0.0244. The Morgan fingerprint density at radius 1 is 1.28 bits per heavy atom. The van der Waals surface area contributed by atoms with Crippen molar-refractivity contribution in [2.45, 2.75) is 13.8 Å². The Morgan fingerprint density at radius 3 is 2.39 bits per heavy atom. The molecule has 18 heavy (non-hydrogen) atoms. The number of carboxylic acids is 1. The van der Waals surface area contributed by atoms with Gasteiger partial charge in [-0.3, -0.25) is 4.79 Å². The summed E-state index contributed by atoms with van der Waals surface area (Å²) in [5, 5.41) is 8.74. The van der Waals surface area contributed by atoms with Gasteiger partial charge in [0.2, 0.25) is 0 Å². The minimum atomic E-state index is -1.51. The SMILES string of the molecule is CCOC(=O)C(=O)c1cc(C(=O)O)c(F)cc1C. The van der Waals surface area contributed by atoms with Gasteiger partial charge in [0.1, 0.15) is 5.82 Å². The highest BCUT2D eigenvalue weighted by Gasteiger charge is 2.23. The number of hydrogen-bond donors (Lipinski definition) is 1. The second kappa shape index (κ2) is 5.39. The van der Waals surface area contributed by atoms with E-state index in [0.717, 1.165) is 12.1 Å². The van der Waals surface area contributed by atoms with Gasteiger partial charge in [-0.1, -0.05) is 0 Å². The fraction of sp³-hybridized carbons (Fsp3) is 0.250. The van der Waals surface area contributed by atoms with Crippen LogP contribution >= 0.6 is 0 Å². The lowest BCUT2D eigenvalue weighted by molar-refractivity contribution is -0.137. The molecule has 0 bridgehead atoms. The van der Waals surface area contributed by atoms with E-state index in [1.54, 1.807) is 0 Å². The molecular weight excluding hydrogens is 243 g/mol. The number of Topliss-reactive ketones (excluding diaryl/α,β-unsaturated/α-hetero) is 1. The third-order valence-electron chi connectivity index (χ3n) is 2.25. The molecule has 0 aliphatic rings. The van der Waals surface area contributed by atoms with Crippen molar-refractivity contribution in [2.75, 3.05) is 6.61 Å². The molecule has 5 nitrogen and oxygen atoms in total. The molecule has 1 N–H and O–H groups in total. The molecule has 0 aliphatic carbocycles. The predicted octanol–water partition coefficient (Wildman–Crippen LogP) is 1.58. The van der Waals surface area contributed by atoms with E-state index in [9.17, 15) is 18.8 Å². The Kier molecular flexibility index (Phi) is 4.14. The van der Waals surface area contributed by atoms with Crippen molar-refractivity contribution in [1.82, 2.24) is 0 Å². The van der Waals surface area contributed by atoms with Gasteiger partial charge in [0.25, 0.3) is 5.78 Å². The van der Waals surface area contributed by atoms with E-state index in [1.807, 2.05) is 0 Å². The average molecular weight is 254 g/mol. The summed E-state index contributed by atoms with van der Waals surface area (Å²) in [5.74, 6) is -4.55. The van der Waals surface area contributed by atoms with Crippen molar-refractivity contribution < 1.29 is 28.6 Å². The molecule has 0 spiro atoms. The molecule has 6 heteroatoms. The number of carbonyl (C=O) groups excluding carboxylic acids is 2. The largest absolute Gasteiger partial charge is 0.478 e. The van der Waals surface area contributed by atoms with Crippen LogP contribution in [-0.2, 0) is 9.53 Å². The molecule has 0 fully saturated rings. The molecule has 0 atom stereocenters. The molecule has 1 aromatic carbocycles. The fourth-order valence-electron chi connectivity index (χ4n) is 1.39. The first-order valence-corrected chi connectivity index (χ1v) is 5.13. The molecule has 0 amide bonds. The zero-order chi connectivity index (χ0) is 13.9. The van der Waals surface area contributed by atoms with Crippen LogP contribution in [0.3, 0.4) is 0 Å². The number of aryl methyl sites for hydroxylation is 1. The smallest absolute Gasteiger partial charge is 0.379 e. The summed E-state index contributed by atoms with van der Waals surface area (Å²) in [5.41, 5.74) is -0.656. The molecule has 0 radical (unpaired) electrons. The maximum Gasteiger partial charge on any atom is 0.379 e. The van der Waals surface area contributed by atoms with Crippen molar-refractivity contribution in [3.05, 3.63) is 34.6 Å². The molecule has 0 unspecified atom stereocenters. The Hall–Kier alpha value is -2.24. The lowest BCUT2D eigenvalue weighted by atomic mass is 10.0. The number of benzene rings is 1. The summed E-state index contributed by atoms with van der Waals surface area (Å²) >= 11 is 0. The summed E-state index contributed by atoms with van der Waals surface area (Å²) in [6.45, 7) is 2.96. The van der Waals surface area contributed by atoms with E-state index in [2.05, 4.69) is 4.74 Å². The summed E-state index contributed by atoms with van der Waals surface area (Å²) in [6.07, 6.45) is 0. The van der Waals surface area contributed by atoms with Gasteiger partial charge < -0.3 is 9.84 Å². The third kappa shape index (κ3) is 2.71. The normalized spacial score (nSPS) is 9.94. The highest BCUT2D eigenvalue weighted by atomic mass is 19.1. The number of ether oxygens (including phenoxy) is 1. The zero-order valence-electron chi connectivity index (χ0n) is 9.82. The fourth-order valence-corrected chi connectivity index (χ4v) is 1.39. The van der Waals surface area contributed by atoms with Crippen LogP contribution in [0.4, 0.5) is 4.39 Å². The van der Waals surface area contributed by atoms with E-state index in [4.69, 9.17) is 5.11 Å². The number of halogens is 1. The maximum absolute atomic E-state index is 13.3. The summed E-state index contributed by atoms with van der Waals surface area (Å²) in [7, 11) is 0. The van der Waals surface area contributed by atoms with Crippen LogP contribution in [0.15, 0.2) is 12.1 Å². The molecular formula is C12H11FO5. The number of carboxylic acid groups (broad SMARTS) is 1. The number of hydrogen-bond acceptors (Lipinski definition) is 4. The summed E-state index contributed by atoms with van der Waals surface area (Å²) < 4.78 is 17.8. The summed E-state index contributed by atoms with van der Waals surface area (Å²) in [6, 6.07) is 1.74. The highest BCUT2D eigenvalue weighted by Crippen LogP contribution is 2.16. The Morgan fingerprint density at radius 2 is 1.89 bits per heavy atom. The number of esters is 1. The molecule has 1 aromatic rings. The third-order valence-corrected chi connectivity index (χ3v) is 2.25. The van der Waals surface area contributed by atoms with Crippen molar-refractivity contribution in [1.29, 1.82) is 0 Å².